The van der Waals surface area contributed by atoms with Crippen LogP contribution in [0.15, 0.2) is 46.9 Å². The van der Waals surface area contributed by atoms with E-state index in [0.717, 1.165) is 17.3 Å². The molecular formula is C20H21Br. The molecule has 0 aliphatic heterocycles. The van der Waals surface area contributed by atoms with Crippen molar-refractivity contribution in [3.63, 3.8) is 0 Å². The van der Waals surface area contributed by atoms with E-state index in [0.29, 0.717) is 0 Å². The lowest BCUT2D eigenvalue weighted by molar-refractivity contribution is 0.624. The van der Waals surface area contributed by atoms with Gasteiger partial charge in [-0.2, -0.15) is 0 Å². The highest BCUT2D eigenvalue weighted by molar-refractivity contribution is 9.10. The third-order valence-electron chi connectivity index (χ3n) is 4.59. The van der Waals surface area contributed by atoms with Crippen molar-refractivity contribution in [2.75, 3.05) is 0 Å². The number of halogens is 1. The van der Waals surface area contributed by atoms with Crippen molar-refractivity contribution >= 4 is 22.0 Å². The largest absolute Gasteiger partial charge is 0.0836 e. The molecule has 0 heterocycles. The van der Waals surface area contributed by atoms with Gasteiger partial charge in [-0.15, -0.1) is 0 Å². The fraction of sp³-hybridized carbons (Fsp3) is 0.300. The number of fused-ring (bicyclic) bond motifs is 1. The highest BCUT2D eigenvalue weighted by Gasteiger charge is 2.29. The summed E-state index contributed by atoms with van der Waals surface area (Å²) in [4.78, 5) is 0. The van der Waals surface area contributed by atoms with Gasteiger partial charge in [0.25, 0.3) is 0 Å². The number of rotatable bonds is 2. The van der Waals surface area contributed by atoms with Gasteiger partial charge < -0.3 is 0 Å². The number of allylic oxidation sites excluding steroid dienone is 1. The predicted octanol–water partition coefficient (Wildman–Crippen LogP) is 6.04. The van der Waals surface area contributed by atoms with Gasteiger partial charge in [-0.25, -0.2) is 0 Å². The quantitative estimate of drug-likeness (QED) is 0.624. The summed E-state index contributed by atoms with van der Waals surface area (Å²) >= 11 is 3.61. The van der Waals surface area contributed by atoms with Gasteiger partial charge in [-0.3, -0.25) is 0 Å². The molecule has 0 radical (unpaired) electrons. The molecule has 0 atom stereocenters. The maximum atomic E-state index is 3.61. The van der Waals surface area contributed by atoms with Crippen LogP contribution in [0, 0.1) is 6.92 Å². The van der Waals surface area contributed by atoms with Crippen LogP contribution in [0.3, 0.4) is 0 Å². The van der Waals surface area contributed by atoms with Crippen molar-refractivity contribution < 1.29 is 0 Å². The number of hydrogen-bond donors (Lipinski definition) is 0. The molecule has 0 nitrogen and oxygen atoms in total. The van der Waals surface area contributed by atoms with Crippen molar-refractivity contribution in [3.8, 4) is 0 Å². The zero-order valence-corrected chi connectivity index (χ0v) is 14.5. The van der Waals surface area contributed by atoms with Crippen LogP contribution in [-0.2, 0) is 11.8 Å². The zero-order valence-electron chi connectivity index (χ0n) is 12.9. The Balaban J connectivity index is 2.21. The van der Waals surface area contributed by atoms with Crippen LogP contribution in [-0.4, -0.2) is 0 Å². The average Bonchev–Trinajstić information content (AvgIpc) is 2.46. The number of aryl methyl sites for hydroxylation is 1. The van der Waals surface area contributed by atoms with Gasteiger partial charge in [0.05, 0.1) is 0 Å². The predicted molar refractivity (Wildman–Crippen MR) is 94.8 cm³/mol. The SMILES string of the molecule is Cc1ccc2c(c1C(C)(C)c1cccc(Br)c1)CCC=C2. The van der Waals surface area contributed by atoms with Gasteiger partial charge in [0, 0.05) is 9.89 Å². The Bertz CT molecular complexity index is 708. The summed E-state index contributed by atoms with van der Waals surface area (Å²) in [7, 11) is 0. The maximum Gasteiger partial charge on any atom is 0.0178 e. The molecule has 0 unspecified atom stereocenters. The van der Waals surface area contributed by atoms with Gasteiger partial charge in [-0.1, -0.05) is 66.2 Å². The topological polar surface area (TPSA) is 0 Å². The standard InChI is InChI=1S/C20H21Br/c1-14-11-12-15-7-4-5-10-18(15)19(14)20(2,3)16-8-6-9-17(21)13-16/h4,6-9,11-13H,5,10H2,1-3H3. The maximum absolute atomic E-state index is 3.61. The zero-order chi connectivity index (χ0) is 15.0. The highest BCUT2D eigenvalue weighted by Crippen LogP contribution is 2.39. The second-order valence-corrected chi connectivity index (χ2v) is 7.32. The second kappa shape index (κ2) is 5.46. The van der Waals surface area contributed by atoms with Gasteiger partial charge in [-0.05, 0) is 59.7 Å². The summed E-state index contributed by atoms with van der Waals surface area (Å²) < 4.78 is 1.15. The Morgan fingerprint density at radius 1 is 1.10 bits per heavy atom. The van der Waals surface area contributed by atoms with E-state index in [2.05, 4.69) is 85.3 Å². The number of benzene rings is 2. The van der Waals surface area contributed by atoms with Crippen LogP contribution in [0.4, 0.5) is 0 Å². The molecule has 0 N–H and O–H groups in total. The Labute approximate surface area is 136 Å². The first-order chi connectivity index (χ1) is 10.00. The summed E-state index contributed by atoms with van der Waals surface area (Å²) in [5.74, 6) is 0. The van der Waals surface area contributed by atoms with Crippen molar-refractivity contribution in [3.05, 3.63) is 74.8 Å². The molecular weight excluding hydrogens is 320 g/mol. The van der Waals surface area contributed by atoms with Gasteiger partial charge >= 0.3 is 0 Å². The molecule has 1 aliphatic rings. The first-order valence-electron chi connectivity index (χ1n) is 7.55. The molecule has 2 aromatic carbocycles. The van der Waals surface area contributed by atoms with E-state index in [-0.39, 0.29) is 5.41 Å². The minimum atomic E-state index is 0.0182. The lowest BCUT2D eigenvalue weighted by atomic mass is 9.72. The monoisotopic (exact) mass is 340 g/mol. The van der Waals surface area contributed by atoms with E-state index in [4.69, 9.17) is 0 Å². The minimum absolute atomic E-state index is 0.0182. The molecule has 0 aromatic heterocycles. The van der Waals surface area contributed by atoms with Crippen molar-refractivity contribution in [2.45, 2.75) is 39.0 Å². The molecule has 0 amide bonds. The fourth-order valence-electron chi connectivity index (χ4n) is 3.54. The van der Waals surface area contributed by atoms with Crippen molar-refractivity contribution in [1.29, 1.82) is 0 Å². The number of hydrogen-bond acceptors (Lipinski definition) is 0. The molecule has 0 saturated heterocycles. The molecule has 0 saturated carbocycles. The third kappa shape index (κ3) is 2.60. The summed E-state index contributed by atoms with van der Waals surface area (Å²) in [6.07, 6.45) is 6.87. The first kappa shape index (κ1) is 14.6. The molecule has 0 bridgehead atoms. The average molecular weight is 341 g/mol. The molecule has 0 spiro atoms. The molecule has 2 aromatic rings. The molecule has 3 rings (SSSR count). The lowest BCUT2D eigenvalue weighted by Crippen LogP contribution is -2.23. The summed E-state index contributed by atoms with van der Waals surface area (Å²) in [6.45, 7) is 6.93. The van der Waals surface area contributed by atoms with Crippen LogP contribution in [0.25, 0.3) is 6.08 Å². The normalized spacial score (nSPS) is 14.1. The van der Waals surface area contributed by atoms with E-state index < -0.39 is 0 Å². The molecule has 21 heavy (non-hydrogen) atoms. The van der Waals surface area contributed by atoms with Gasteiger partial charge in [0.1, 0.15) is 0 Å². The summed E-state index contributed by atoms with van der Waals surface area (Å²) in [6, 6.07) is 13.2. The van der Waals surface area contributed by atoms with Crippen LogP contribution in [0.5, 0.6) is 0 Å². The first-order valence-corrected chi connectivity index (χ1v) is 8.35. The smallest absolute Gasteiger partial charge is 0.0178 e. The van der Waals surface area contributed by atoms with Crippen molar-refractivity contribution in [1.82, 2.24) is 0 Å². The Hall–Kier alpha value is -1.34. The second-order valence-electron chi connectivity index (χ2n) is 6.40. The molecule has 1 heteroatoms. The fourth-order valence-corrected chi connectivity index (χ4v) is 3.94. The third-order valence-corrected chi connectivity index (χ3v) is 5.08. The minimum Gasteiger partial charge on any atom is -0.0836 e. The van der Waals surface area contributed by atoms with Crippen molar-refractivity contribution in [2.24, 2.45) is 0 Å². The molecule has 108 valence electrons. The van der Waals surface area contributed by atoms with E-state index in [1.807, 2.05) is 0 Å². The van der Waals surface area contributed by atoms with Crippen LogP contribution in [0.2, 0.25) is 0 Å². The lowest BCUT2D eigenvalue weighted by Gasteiger charge is -2.32. The Morgan fingerprint density at radius 3 is 2.67 bits per heavy atom. The van der Waals surface area contributed by atoms with E-state index in [1.165, 1.54) is 27.8 Å². The van der Waals surface area contributed by atoms with Gasteiger partial charge in [0.2, 0.25) is 0 Å². The molecule has 0 fully saturated rings. The Morgan fingerprint density at radius 2 is 1.90 bits per heavy atom. The van der Waals surface area contributed by atoms with Gasteiger partial charge in [0.15, 0.2) is 0 Å². The summed E-state index contributed by atoms with van der Waals surface area (Å²) in [5, 5.41) is 0. The highest BCUT2D eigenvalue weighted by atomic mass is 79.9. The van der Waals surface area contributed by atoms with Crippen LogP contribution >= 0.6 is 15.9 Å². The van der Waals surface area contributed by atoms with Crippen LogP contribution < -0.4 is 0 Å². The summed E-state index contributed by atoms with van der Waals surface area (Å²) in [5.41, 5.74) is 7.21. The van der Waals surface area contributed by atoms with E-state index >= 15 is 0 Å². The van der Waals surface area contributed by atoms with E-state index in [1.54, 1.807) is 0 Å². The van der Waals surface area contributed by atoms with Crippen LogP contribution in [0.1, 0.15) is 48.1 Å². The Kier molecular flexibility index (Phi) is 3.79. The van der Waals surface area contributed by atoms with E-state index in [9.17, 15) is 0 Å². The molecule has 1 aliphatic carbocycles.